The minimum absolute atomic E-state index is 0.201. The highest BCUT2D eigenvalue weighted by Crippen LogP contribution is 2.34. The summed E-state index contributed by atoms with van der Waals surface area (Å²) in [6.45, 7) is 2.43. The second kappa shape index (κ2) is 5.11. The van der Waals surface area contributed by atoms with E-state index in [1.165, 1.54) is 21.7 Å². The van der Waals surface area contributed by atoms with Crippen LogP contribution < -0.4 is 5.56 Å². The molecule has 1 amide bonds. The van der Waals surface area contributed by atoms with E-state index in [1.807, 2.05) is 6.92 Å². The van der Waals surface area contributed by atoms with E-state index in [0.29, 0.717) is 24.9 Å². The van der Waals surface area contributed by atoms with Crippen molar-refractivity contribution in [1.29, 1.82) is 0 Å². The van der Waals surface area contributed by atoms with Gasteiger partial charge in [0.15, 0.2) is 0 Å². The minimum Gasteiger partial charge on any atom is -0.481 e. The summed E-state index contributed by atoms with van der Waals surface area (Å²) in [5.41, 5.74) is -0.796. The summed E-state index contributed by atoms with van der Waals surface area (Å²) >= 11 is 0. The van der Waals surface area contributed by atoms with Gasteiger partial charge in [0.05, 0.1) is 5.41 Å². The molecule has 1 N–H and O–H groups in total. The number of carboxylic acids is 1. The number of carboxylic acid groups (broad SMARTS) is 1. The number of aryl methyl sites for hydroxylation is 1. The molecule has 0 bridgehead atoms. The molecule has 1 unspecified atom stereocenters. The van der Waals surface area contributed by atoms with Crippen LogP contribution >= 0.6 is 0 Å². The van der Waals surface area contributed by atoms with Crippen LogP contribution in [-0.4, -0.2) is 39.5 Å². The number of likely N-dealkylation sites (tertiary alicyclic amines) is 1. The smallest absolute Gasteiger partial charge is 0.311 e. The van der Waals surface area contributed by atoms with Crippen LogP contribution in [0.15, 0.2) is 23.1 Å². The number of carbonyl (C=O) groups excluding carboxylic acids is 1. The second-order valence-electron chi connectivity index (χ2n) is 5.28. The maximum Gasteiger partial charge on any atom is 0.311 e. The Morgan fingerprint density at radius 3 is 2.65 bits per heavy atom. The van der Waals surface area contributed by atoms with E-state index in [-0.39, 0.29) is 18.0 Å². The molecule has 0 aliphatic carbocycles. The van der Waals surface area contributed by atoms with E-state index in [1.54, 1.807) is 13.1 Å². The number of aromatic nitrogens is 1. The standard InChI is InChI=1S/C14H18N2O4/c1-3-14(13(19)20)5-7-16(9-14)12(18)10-4-6-15(2)11(17)8-10/h4,6,8H,3,5,7,9H2,1-2H3,(H,19,20). The maximum atomic E-state index is 12.3. The monoisotopic (exact) mass is 278 g/mol. The average molecular weight is 278 g/mol. The molecule has 2 heterocycles. The Morgan fingerprint density at radius 1 is 1.45 bits per heavy atom. The molecule has 6 nitrogen and oxygen atoms in total. The van der Waals surface area contributed by atoms with Gasteiger partial charge < -0.3 is 14.6 Å². The zero-order valence-corrected chi connectivity index (χ0v) is 11.6. The highest BCUT2D eigenvalue weighted by atomic mass is 16.4. The van der Waals surface area contributed by atoms with Gasteiger partial charge in [0.2, 0.25) is 0 Å². The Kier molecular flexibility index (Phi) is 3.65. The summed E-state index contributed by atoms with van der Waals surface area (Å²) in [5.74, 6) is -1.14. The largest absolute Gasteiger partial charge is 0.481 e. The second-order valence-corrected chi connectivity index (χ2v) is 5.28. The van der Waals surface area contributed by atoms with Crippen molar-refractivity contribution >= 4 is 11.9 Å². The van der Waals surface area contributed by atoms with Gasteiger partial charge in [-0.2, -0.15) is 0 Å². The summed E-state index contributed by atoms with van der Waals surface area (Å²) in [5, 5.41) is 9.32. The first kappa shape index (κ1) is 14.3. The van der Waals surface area contributed by atoms with Crippen LogP contribution in [0.1, 0.15) is 30.1 Å². The van der Waals surface area contributed by atoms with Crippen LogP contribution in [0.4, 0.5) is 0 Å². The van der Waals surface area contributed by atoms with Crippen molar-refractivity contribution in [3.05, 3.63) is 34.2 Å². The SMILES string of the molecule is CCC1(C(=O)O)CCN(C(=O)c2ccn(C)c(=O)c2)C1. The lowest BCUT2D eigenvalue weighted by Crippen LogP contribution is -2.36. The van der Waals surface area contributed by atoms with Gasteiger partial charge in [-0.15, -0.1) is 0 Å². The highest BCUT2D eigenvalue weighted by molar-refractivity contribution is 5.94. The van der Waals surface area contributed by atoms with E-state index in [2.05, 4.69) is 0 Å². The predicted molar refractivity (Wildman–Crippen MR) is 72.6 cm³/mol. The van der Waals surface area contributed by atoms with Crippen molar-refractivity contribution in [1.82, 2.24) is 9.47 Å². The predicted octanol–water partition coefficient (Wildman–Crippen LogP) is 0.712. The van der Waals surface area contributed by atoms with E-state index < -0.39 is 11.4 Å². The van der Waals surface area contributed by atoms with Crippen LogP contribution in [0.25, 0.3) is 0 Å². The van der Waals surface area contributed by atoms with E-state index >= 15 is 0 Å². The van der Waals surface area contributed by atoms with Gasteiger partial charge in [0, 0.05) is 38.0 Å². The number of aliphatic carboxylic acids is 1. The van der Waals surface area contributed by atoms with Gasteiger partial charge in [0.25, 0.3) is 11.5 Å². The topological polar surface area (TPSA) is 79.6 Å². The third-order valence-electron chi connectivity index (χ3n) is 4.12. The molecule has 1 saturated heterocycles. The summed E-state index contributed by atoms with van der Waals surface area (Å²) in [6, 6.07) is 2.87. The van der Waals surface area contributed by atoms with Crippen molar-refractivity contribution in [2.24, 2.45) is 12.5 Å². The molecule has 1 atom stereocenters. The van der Waals surface area contributed by atoms with Crippen LogP contribution in [0.2, 0.25) is 0 Å². The fourth-order valence-electron chi connectivity index (χ4n) is 2.52. The lowest BCUT2D eigenvalue weighted by atomic mass is 9.84. The first-order chi connectivity index (χ1) is 9.39. The molecule has 0 aromatic carbocycles. The molecule has 108 valence electrons. The maximum absolute atomic E-state index is 12.3. The van der Waals surface area contributed by atoms with Crippen molar-refractivity contribution in [3.63, 3.8) is 0 Å². The molecule has 0 radical (unpaired) electrons. The number of hydrogen-bond acceptors (Lipinski definition) is 3. The summed E-state index contributed by atoms with van der Waals surface area (Å²) in [7, 11) is 1.61. The van der Waals surface area contributed by atoms with Gasteiger partial charge in [-0.05, 0) is 18.9 Å². The Labute approximate surface area is 116 Å². The molecule has 1 aliphatic rings. The molecule has 0 saturated carbocycles. The number of hydrogen-bond donors (Lipinski definition) is 1. The number of rotatable bonds is 3. The molecular formula is C14H18N2O4. The van der Waals surface area contributed by atoms with Gasteiger partial charge in [-0.3, -0.25) is 14.4 Å². The van der Waals surface area contributed by atoms with Crippen LogP contribution in [0.5, 0.6) is 0 Å². The molecule has 1 aromatic heterocycles. The van der Waals surface area contributed by atoms with Gasteiger partial charge in [-0.25, -0.2) is 0 Å². The Bertz CT molecular complexity index is 607. The molecular weight excluding hydrogens is 260 g/mol. The van der Waals surface area contributed by atoms with Gasteiger partial charge >= 0.3 is 5.97 Å². The summed E-state index contributed by atoms with van der Waals surface area (Å²) in [6.07, 6.45) is 2.48. The molecule has 1 aromatic rings. The highest BCUT2D eigenvalue weighted by Gasteiger charge is 2.44. The van der Waals surface area contributed by atoms with Crippen molar-refractivity contribution in [3.8, 4) is 0 Å². The number of pyridine rings is 1. The first-order valence-electron chi connectivity index (χ1n) is 6.59. The zero-order valence-electron chi connectivity index (χ0n) is 11.6. The fourth-order valence-corrected chi connectivity index (χ4v) is 2.52. The van der Waals surface area contributed by atoms with Gasteiger partial charge in [-0.1, -0.05) is 6.92 Å². The van der Waals surface area contributed by atoms with Crippen molar-refractivity contribution in [2.45, 2.75) is 19.8 Å². The molecule has 6 heteroatoms. The number of nitrogens with zero attached hydrogens (tertiary/aromatic N) is 2. The van der Waals surface area contributed by atoms with Crippen LogP contribution in [0, 0.1) is 5.41 Å². The molecule has 2 rings (SSSR count). The first-order valence-corrected chi connectivity index (χ1v) is 6.59. The molecule has 1 fully saturated rings. The Hall–Kier alpha value is -2.11. The van der Waals surface area contributed by atoms with Gasteiger partial charge in [0.1, 0.15) is 0 Å². The minimum atomic E-state index is -0.862. The van der Waals surface area contributed by atoms with Crippen molar-refractivity contribution < 1.29 is 14.7 Å². The lowest BCUT2D eigenvalue weighted by molar-refractivity contribution is -0.148. The average Bonchev–Trinajstić information content (AvgIpc) is 2.87. The third-order valence-corrected chi connectivity index (χ3v) is 4.12. The molecule has 0 spiro atoms. The van der Waals surface area contributed by atoms with E-state index in [4.69, 9.17) is 0 Å². The van der Waals surface area contributed by atoms with E-state index in [9.17, 15) is 19.5 Å². The Balaban J connectivity index is 2.21. The summed E-state index contributed by atoms with van der Waals surface area (Å²) < 4.78 is 1.38. The number of amides is 1. The van der Waals surface area contributed by atoms with E-state index in [0.717, 1.165) is 0 Å². The third kappa shape index (κ3) is 2.33. The fraction of sp³-hybridized carbons (Fsp3) is 0.500. The quantitative estimate of drug-likeness (QED) is 0.883. The van der Waals surface area contributed by atoms with Crippen LogP contribution in [-0.2, 0) is 11.8 Å². The molecule has 1 aliphatic heterocycles. The normalized spacial score (nSPS) is 22.0. The number of carbonyl (C=O) groups is 2. The molecule has 20 heavy (non-hydrogen) atoms. The summed E-state index contributed by atoms with van der Waals surface area (Å²) in [4.78, 5) is 36.8. The Morgan fingerprint density at radius 2 is 2.15 bits per heavy atom. The zero-order chi connectivity index (χ0) is 14.9. The lowest BCUT2D eigenvalue weighted by Gasteiger charge is -2.23. The van der Waals surface area contributed by atoms with Crippen molar-refractivity contribution in [2.75, 3.05) is 13.1 Å². The van der Waals surface area contributed by atoms with Crippen LogP contribution in [0.3, 0.4) is 0 Å².